The quantitative estimate of drug-likeness (QED) is 0.670. The summed E-state index contributed by atoms with van der Waals surface area (Å²) in [6.45, 7) is 0. The fraction of sp³-hybridized carbons (Fsp3) is 0. The van der Waals surface area contributed by atoms with Crippen LogP contribution in [0.4, 0.5) is 0 Å². The van der Waals surface area contributed by atoms with Crippen molar-refractivity contribution < 1.29 is 0 Å². The van der Waals surface area contributed by atoms with E-state index in [2.05, 4.69) is 22.1 Å². The first-order valence-corrected chi connectivity index (χ1v) is 6.00. The number of benzene rings is 2. The number of hydrogen-bond donors (Lipinski definition) is 0. The highest BCUT2D eigenvalue weighted by Crippen LogP contribution is 2.24. The van der Waals surface area contributed by atoms with Crippen LogP contribution in [-0.2, 0) is 0 Å². The van der Waals surface area contributed by atoms with Gasteiger partial charge in [0, 0.05) is 5.56 Å². The molecule has 1 aromatic heterocycles. The molecule has 92 valence electrons. The van der Waals surface area contributed by atoms with Crippen LogP contribution in [0.15, 0.2) is 48.5 Å². The smallest absolute Gasteiger partial charge is 0.167 e. The van der Waals surface area contributed by atoms with E-state index < -0.39 is 0 Å². The highest BCUT2D eigenvalue weighted by Gasteiger charge is 2.12. The van der Waals surface area contributed by atoms with Crippen molar-refractivity contribution in [2.45, 2.75) is 0 Å². The van der Waals surface area contributed by atoms with E-state index in [1.54, 1.807) is 18.2 Å². The summed E-state index contributed by atoms with van der Waals surface area (Å²) in [5.74, 6) is 0. The maximum atomic E-state index is 9.27. The normalized spacial score (nSPS) is 9.90. The van der Waals surface area contributed by atoms with Gasteiger partial charge in [-0.3, -0.25) is 0 Å². The average molecular weight is 256 g/mol. The monoisotopic (exact) mass is 256 g/mol. The predicted octanol–water partition coefficient (Wildman–Crippen LogP) is 3.04. The second-order valence-electron chi connectivity index (χ2n) is 4.18. The minimum atomic E-state index is 0.228. The molecule has 1 heterocycles. The highest BCUT2D eigenvalue weighted by atomic mass is 14.8. The number of hydrogen-bond acceptors (Lipinski definition) is 4. The van der Waals surface area contributed by atoms with Gasteiger partial charge >= 0.3 is 0 Å². The van der Waals surface area contributed by atoms with E-state index in [1.807, 2.05) is 30.3 Å². The van der Waals surface area contributed by atoms with Crippen LogP contribution in [0.5, 0.6) is 0 Å². The van der Waals surface area contributed by atoms with Crippen molar-refractivity contribution in [3.05, 3.63) is 59.8 Å². The van der Waals surface area contributed by atoms with Crippen LogP contribution in [-0.4, -0.2) is 9.97 Å². The molecule has 0 amide bonds. The summed E-state index contributed by atoms with van der Waals surface area (Å²) in [6.07, 6.45) is 0. The molecule has 0 aliphatic rings. The van der Waals surface area contributed by atoms with Gasteiger partial charge in [-0.15, -0.1) is 0 Å². The standard InChI is InChI=1S/C16H8N4/c17-9-12-7-4-8-13-16(12)20-14(10-18)15(19-13)11-5-2-1-3-6-11/h1-8H. The second kappa shape index (κ2) is 4.79. The van der Waals surface area contributed by atoms with Gasteiger partial charge in [0.15, 0.2) is 5.69 Å². The highest BCUT2D eigenvalue weighted by molar-refractivity contribution is 5.84. The first-order valence-electron chi connectivity index (χ1n) is 6.00. The van der Waals surface area contributed by atoms with Crippen molar-refractivity contribution in [3.8, 4) is 23.4 Å². The van der Waals surface area contributed by atoms with Crippen molar-refractivity contribution in [3.63, 3.8) is 0 Å². The fourth-order valence-electron chi connectivity index (χ4n) is 2.04. The number of nitriles is 2. The maximum Gasteiger partial charge on any atom is 0.167 e. The molecule has 0 bridgehead atoms. The molecule has 4 nitrogen and oxygen atoms in total. The van der Waals surface area contributed by atoms with Crippen LogP contribution in [0.2, 0.25) is 0 Å². The topological polar surface area (TPSA) is 73.4 Å². The predicted molar refractivity (Wildman–Crippen MR) is 74.4 cm³/mol. The Morgan fingerprint density at radius 3 is 2.30 bits per heavy atom. The Kier molecular flexibility index (Phi) is 2.84. The Bertz CT molecular complexity index is 871. The van der Waals surface area contributed by atoms with Crippen molar-refractivity contribution in [1.29, 1.82) is 10.5 Å². The Balaban J connectivity index is 2.36. The maximum absolute atomic E-state index is 9.27. The third-order valence-electron chi connectivity index (χ3n) is 2.97. The lowest BCUT2D eigenvalue weighted by atomic mass is 10.1. The molecule has 20 heavy (non-hydrogen) atoms. The van der Waals surface area contributed by atoms with Crippen LogP contribution >= 0.6 is 0 Å². The van der Waals surface area contributed by atoms with E-state index in [9.17, 15) is 5.26 Å². The lowest BCUT2D eigenvalue weighted by molar-refractivity contribution is 1.24. The number of aromatic nitrogens is 2. The minimum Gasteiger partial charge on any atom is -0.243 e. The molecule has 0 aliphatic carbocycles. The Morgan fingerprint density at radius 2 is 1.60 bits per heavy atom. The van der Waals surface area contributed by atoms with E-state index >= 15 is 0 Å². The molecule has 0 spiro atoms. The Hall–Kier alpha value is -3.24. The van der Waals surface area contributed by atoms with Crippen LogP contribution in [0.3, 0.4) is 0 Å². The largest absolute Gasteiger partial charge is 0.243 e. The average Bonchev–Trinajstić information content (AvgIpc) is 2.53. The molecule has 3 aromatic rings. The molecule has 0 radical (unpaired) electrons. The zero-order valence-electron chi connectivity index (χ0n) is 10.4. The summed E-state index contributed by atoms with van der Waals surface area (Å²) < 4.78 is 0. The Morgan fingerprint density at radius 1 is 0.800 bits per heavy atom. The van der Waals surface area contributed by atoms with Gasteiger partial charge in [-0.1, -0.05) is 36.4 Å². The molecule has 0 saturated heterocycles. The van der Waals surface area contributed by atoms with Gasteiger partial charge in [0.05, 0.1) is 11.1 Å². The summed E-state index contributed by atoms with van der Waals surface area (Å²) >= 11 is 0. The summed E-state index contributed by atoms with van der Waals surface area (Å²) in [5.41, 5.74) is 3.10. The molecule has 2 aromatic carbocycles. The fourth-order valence-corrected chi connectivity index (χ4v) is 2.04. The van der Waals surface area contributed by atoms with Gasteiger partial charge in [-0.2, -0.15) is 10.5 Å². The Labute approximate surface area is 115 Å². The first kappa shape index (κ1) is 11.8. The van der Waals surface area contributed by atoms with Crippen molar-refractivity contribution in [2.24, 2.45) is 0 Å². The number of rotatable bonds is 1. The number of fused-ring (bicyclic) bond motifs is 1. The van der Waals surface area contributed by atoms with E-state index in [0.717, 1.165) is 5.56 Å². The summed E-state index contributed by atoms with van der Waals surface area (Å²) in [4.78, 5) is 8.78. The zero-order chi connectivity index (χ0) is 13.9. The van der Waals surface area contributed by atoms with E-state index in [4.69, 9.17) is 5.26 Å². The number of para-hydroxylation sites is 1. The molecule has 0 N–H and O–H groups in total. The van der Waals surface area contributed by atoms with Crippen LogP contribution in [0.25, 0.3) is 22.3 Å². The van der Waals surface area contributed by atoms with E-state index in [1.165, 1.54) is 0 Å². The van der Waals surface area contributed by atoms with Crippen LogP contribution in [0, 0.1) is 22.7 Å². The third-order valence-corrected chi connectivity index (χ3v) is 2.97. The summed E-state index contributed by atoms with van der Waals surface area (Å²) in [7, 11) is 0. The van der Waals surface area contributed by atoms with Crippen LogP contribution < -0.4 is 0 Å². The van der Waals surface area contributed by atoms with Gasteiger partial charge in [0.2, 0.25) is 0 Å². The molecule has 0 fully saturated rings. The van der Waals surface area contributed by atoms with Gasteiger partial charge in [-0.25, -0.2) is 9.97 Å². The van der Waals surface area contributed by atoms with Gasteiger partial charge < -0.3 is 0 Å². The lowest BCUT2D eigenvalue weighted by Crippen LogP contribution is -1.96. The summed E-state index contributed by atoms with van der Waals surface area (Å²) in [5, 5.41) is 18.4. The van der Waals surface area contributed by atoms with Crippen molar-refractivity contribution in [1.82, 2.24) is 9.97 Å². The number of nitrogens with zero attached hydrogens (tertiary/aromatic N) is 4. The van der Waals surface area contributed by atoms with Gasteiger partial charge in [-0.05, 0) is 12.1 Å². The molecular formula is C16H8N4. The van der Waals surface area contributed by atoms with Crippen molar-refractivity contribution in [2.75, 3.05) is 0 Å². The SMILES string of the molecule is N#Cc1nc2c(C#N)cccc2nc1-c1ccccc1. The lowest BCUT2D eigenvalue weighted by Gasteiger charge is -2.05. The third kappa shape index (κ3) is 1.86. The molecular weight excluding hydrogens is 248 g/mol. The van der Waals surface area contributed by atoms with Crippen LogP contribution in [0.1, 0.15) is 11.3 Å². The first-order chi connectivity index (χ1) is 9.83. The second-order valence-corrected chi connectivity index (χ2v) is 4.18. The van der Waals surface area contributed by atoms with E-state index in [0.29, 0.717) is 22.3 Å². The molecule has 4 heteroatoms. The van der Waals surface area contributed by atoms with Crippen molar-refractivity contribution >= 4 is 11.0 Å². The molecule has 0 atom stereocenters. The van der Waals surface area contributed by atoms with E-state index in [-0.39, 0.29) is 5.69 Å². The molecule has 0 unspecified atom stereocenters. The van der Waals surface area contributed by atoms with Gasteiger partial charge in [0.25, 0.3) is 0 Å². The minimum absolute atomic E-state index is 0.228. The molecule has 3 rings (SSSR count). The molecule has 0 aliphatic heterocycles. The molecule has 0 saturated carbocycles. The summed E-state index contributed by atoms with van der Waals surface area (Å²) in [6, 6.07) is 18.8. The van der Waals surface area contributed by atoms with Gasteiger partial charge in [0.1, 0.15) is 23.3 Å². The zero-order valence-corrected chi connectivity index (χ0v) is 10.4.